The van der Waals surface area contributed by atoms with Crippen LogP contribution >= 0.6 is 22.9 Å². The van der Waals surface area contributed by atoms with E-state index in [1.165, 1.54) is 11.3 Å². The van der Waals surface area contributed by atoms with E-state index in [9.17, 15) is 0 Å². The third kappa shape index (κ3) is 1.47. The topological polar surface area (TPSA) is 25.8 Å². The third-order valence-electron chi connectivity index (χ3n) is 1.45. The fourth-order valence-corrected chi connectivity index (χ4v) is 1.68. The van der Waals surface area contributed by atoms with Gasteiger partial charge in [-0.2, -0.15) is 0 Å². The van der Waals surface area contributed by atoms with E-state index in [2.05, 4.69) is 9.97 Å². The summed E-state index contributed by atoms with van der Waals surface area (Å²) in [5.74, 6) is 0. The highest BCUT2D eigenvalue weighted by Crippen LogP contribution is 2.23. The summed E-state index contributed by atoms with van der Waals surface area (Å²) in [6.07, 6.45) is 3.48. The Balaban J connectivity index is 2.45. The molecule has 2 aromatic rings. The summed E-state index contributed by atoms with van der Waals surface area (Å²) in [7, 11) is 0. The van der Waals surface area contributed by atoms with Gasteiger partial charge in [-0.3, -0.25) is 4.98 Å². The number of aromatic nitrogens is 2. The van der Waals surface area contributed by atoms with Crippen LogP contribution in [0.3, 0.4) is 0 Å². The Bertz CT molecular complexity index is 372. The molecule has 0 unspecified atom stereocenters. The molecule has 2 aromatic heterocycles. The Kier molecular flexibility index (Phi) is 2.06. The van der Waals surface area contributed by atoms with E-state index < -0.39 is 0 Å². The molecule has 0 N–H and O–H groups in total. The molecule has 0 aliphatic rings. The number of rotatable bonds is 1. The smallest absolute Gasteiger partial charge is 0.184 e. The van der Waals surface area contributed by atoms with Crippen molar-refractivity contribution in [3.05, 3.63) is 34.4 Å². The highest BCUT2D eigenvalue weighted by Gasteiger charge is 2.00. The first-order chi connectivity index (χ1) is 5.86. The summed E-state index contributed by atoms with van der Waals surface area (Å²) >= 11 is 7.14. The Morgan fingerprint density at radius 2 is 2.00 bits per heavy atom. The summed E-state index contributed by atoms with van der Waals surface area (Å²) in [6.45, 7) is 0. The Morgan fingerprint density at radius 1 is 1.25 bits per heavy atom. The van der Waals surface area contributed by atoms with Gasteiger partial charge in [0.25, 0.3) is 0 Å². The van der Waals surface area contributed by atoms with Crippen LogP contribution in [0.1, 0.15) is 0 Å². The SMILES string of the molecule is Clc1nc(-c2ccncc2)cs1. The van der Waals surface area contributed by atoms with Crippen LogP contribution in [0.2, 0.25) is 4.47 Å². The van der Waals surface area contributed by atoms with Crippen molar-refractivity contribution in [2.24, 2.45) is 0 Å². The van der Waals surface area contributed by atoms with Crippen LogP contribution < -0.4 is 0 Å². The molecule has 0 aliphatic carbocycles. The van der Waals surface area contributed by atoms with Crippen LogP contribution in [0.4, 0.5) is 0 Å². The monoisotopic (exact) mass is 196 g/mol. The van der Waals surface area contributed by atoms with E-state index in [1.54, 1.807) is 12.4 Å². The predicted molar refractivity (Wildman–Crippen MR) is 50.4 cm³/mol. The molecule has 0 fully saturated rings. The van der Waals surface area contributed by atoms with Gasteiger partial charge in [-0.15, -0.1) is 11.3 Å². The molecule has 12 heavy (non-hydrogen) atoms. The lowest BCUT2D eigenvalue weighted by Crippen LogP contribution is -1.76. The van der Waals surface area contributed by atoms with Crippen molar-refractivity contribution in [2.75, 3.05) is 0 Å². The normalized spacial score (nSPS) is 10.1. The third-order valence-corrected chi connectivity index (χ3v) is 2.43. The van der Waals surface area contributed by atoms with Crippen LogP contribution in [-0.4, -0.2) is 9.97 Å². The van der Waals surface area contributed by atoms with Crippen LogP contribution in [0.5, 0.6) is 0 Å². The van der Waals surface area contributed by atoms with Gasteiger partial charge in [-0.25, -0.2) is 4.98 Å². The molecule has 0 aliphatic heterocycles. The first-order valence-corrected chi connectivity index (χ1v) is 4.63. The molecular weight excluding hydrogens is 192 g/mol. The summed E-state index contributed by atoms with van der Waals surface area (Å²) in [5, 5.41) is 1.93. The quantitative estimate of drug-likeness (QED) is 0.701. The zero-order valence-electron chi connectivity index (χ0n) is 6.07. The largest absolute Gasteiger partial charge is 0.265 e. The van der Waals surface area contributed by atoms with Crippen LogP contribution in [0.25, 0.3) is 11.3 Å². The van der Waals surface area contributed by atoms with E-state index in [4.69, 9.17) is 11.6 Å². The summed E-state index contributed by atoms with van der Waals surface area (Å²) in [5.41, 5.74) is 1.96. The zero-order valence-corrected chi connectivity index (χ0v) is 7.64. The maximum Gasteiger partial charge on any atom is 0.184 e. The van der Waals surface area contributed by atoms with Crippen molar-refractivity contribution in [1.29, 1.82) is 0 Å². The Morgan fingerprint density at radius 3 is 2.58 bits per heavy atom. The second-order valence-electron chi connectivity index (χ2n) is 2.22. The Hall–Kier alpha value is -0.930. The number of thiazole rings is 1. The second kappa shape index (κ2) is 3.21. The van der Waals surface area contributed by atoms with Gasteiger partial charge >= 0.3 is 0 Å². The summed E-state index contributed by atoms with van der Waals surface area (Å²) < 4.78 is 0.571. The highest BCUT2D eigenvalue weighted by atomic mass is 35.5. The van der Waals surface area contributed by atoms with E-state index in [-0.39, 0.29) is 0 Å². The van der Waals surface area contributed by atoms with E-state index >= 15 is 0 Å². The number of hydrogen-bond donors (Lipinski definition) is 0. The molecule has 2 nitrogen and oxygen atoms in total. The number of pyridine rings is 1. The summed E-state index contributed by atoms with van der Waals surface area (Å²) in [6, 6.07) is 3.82. The zero-order chi connectivity index (χ0) is 8.39. The van der Waals surface area contributed by atoms with Gasteiger partial charge in [-0.1, -0.05) is 11.6 Å². The molecule has 0 aromatic carbocycles. The average molecular weight is 197 g/mol. The van der Waals surface area contributed by atoms with Gasteiger partial charge in [0.05, 0.1) is 5.69 Å². The lowest BCUT2D eigenvalue weighted by Gasteiger charge is -1.91. The lowest BCUT2D eigenvalue weighted by molar-refractivity contribution is 1.31. The van der Waals surface area contributed by atoms with Gasteiger partial charge in [0.1, 0.15) is 0 Å². The minimum Gasteiger partial charge on any atom is -0.265 e. The minimum absolute atomic E-state index is 0.571. The molecule has 0 spiro atoms. The number of hydrogen-bond acceptors (Lipinski definition) is 3. The van der Waals surface area contributed by atoms with Crippen molar-refractivity contribution < 1.29 is 0 Å². The number of halogens is 1. The van der Waals surface area contributed by atoms with Crippen molar-refractivity contribution in [2.45, 2.75) is 0 Å². The molecule has 4 heteroatoms. The van der Waals surface area contributed by atoms with Gasteiger partial charge in [0.2, 0.25) is 0 Å². The van der Waals surface area contributed by atoms with E-state index in [1.807, 2.05) is 17.5 Å². The molecule has 60 valence electrons. The number of nitrogens with zero attached hydrogens (tertiary/aromatic N) is 2. The standard InChI is InChI=1S/C8H5ClN2S/c9-8-11-7(5-12-8)6-1-3-10-4-2-6/h1-5H. The maximum atomic E-state index is 5.70. The second-order valence-corrected chi connectivity index (χ2v) is 3.66. The first-order valence-electron chi connectivity index (χ1n) is 3.38. The van der Waals surface area contributed by atoms with Crippen LogP contribution in [0.15, 0.2) is 29.9 Å². The first kappa shape index (κ1) is 7.71. The molecule has 0 saturated heterocycles. The van der Waals surface area contributed by atoms with E-state index in [0.29, 0.717) is 4.47 Å². The minimum atomic E-state index is 0.571. The molecule has 2 rings (SSSR count). The lowest BCUT2D eigenvalue weighted by atomic mass is 10.2. The molecule has 0 saturated carbocycles. The van der Waals surface area contributed by atoms with Crippen molar-refractivity contribution >= 4 is 22.9 Å². The van der Waals surface area contributed by atoms with Crippen molar-refractivity contribution in [3.63, 3.8) is 0 Å². The Labute approximate surface area is 78.9 Å². The summed E-state index contributed by atoms with van der Waals surface area (Å²) in [4.78, 5) is 8.06. The average Bonchev–Trinajstić information content (AvgIpc) is 2.54. The molecular formula is C8H5ClN2S. The maximum absolute atomic E-state index is 5.70. The molecule has 0 amide bonds. The molecule has 0 atom stereocenters. The van der Waals surface area contributed by atoms with Crippen molar-refractivity contribution in [1.82, 2.24) is 9.97 Å². The fraction of sp³-hybridized carbons (Fsp3) is 0. The highest BCUT2D eigenvalue weighted by molar-refractivity contribution is 7.14. The van der Waals surface area contributed by atoms with Gasteiger partial charge < -0.3 is 0 Å². The molecule has 0 radical (unpaired) electrons. The fourth-order valence-electron chi connectivity index (χ4n) is 0.907. The molecule has 2 heterocycles. The van der Waals surface area contributed by atoms with Crippen LogP contribution in [0, 0.1) is 0 Å². The van der Waals surface area contributed by atoms with E-state index in [0.717, 1.165) is 11.3 Å². The predicted octanol–water partition coefficient (Wildman–Crippen LogP) is 2.86. The van der Waals surface area contributed by atoms with Gasteiger partial charge in [0.15, 0.2) is 4.47 Å². The van der Waals surface area contributed by atoms with Gasteiger partial charge in [0, 0.05) is 23.3 Å². The van der Waals surface area contributed by atoms with Crippen molar-refractivity contribution in [3.8, 4) is 11.3 Å². The van der Waals surface area contributed by atoms with Crippen LogP contribution in [-0.2, 0) is 0 Å². The molecule has 0 bridgehead atoms. The van der Waals surface area contributed by atoms with Gasteiger partial charge in [-0.05, 0) is 12.1 Å².